The smallest absolute Gasteiger partial charge is 0.282 e. The number of aromatic nitrogens is 2. The lowest BCUT2D eigenvalue weighted by Crippen LogP contribution is -2.29. The van der Waals surface area contributed by atoms with Crippen LogP contribution in [0.4, 0.5) is 11.4 Å². The monoisotopic (exact) mass is 640 g/mol. The van der Waals surface area contributed by atoms with Gasteiger partial charge in [0, 0.05) is 11.0 Å². The van der Waals surface area contributed by atoms with Crippen LogP contribution >= 0.6 is 0 Å². The van der Waals surface area contributed by atoms with E-state index in [2.05, 4.69) is 26.3 Å². The van der Waals surface area contributed by atoms with E-state index in [1.807, 2.05) is 0 Å². The molecule has 6 rings (SSSR count). The van der Waals surface area contributed by atoms with Crippen LogP contribution in [0.2, 0.25) is 0 Å². The highest BCUT2D eigenvalue weighted by Crippen LogP contribution is 2.34. The molecule has 2 heterocycles. The number of allylic oxidation sites excluding steroid dienone is 2. The van der Waals surface area contributed by atoms with Gasteiger partial charge < -0.3 is 0 Å². The lowest BCUT2D eigenvalue weighted by Gasteiger charge is -2.17. The van der Waals surface area contributed by atoms with E-state index in [1.54, 1.807) is 37.3 Å². The summed E-state index contributed by atoms with van der Waals surface area (Å²) in [6.07, 6.45) is 0. The Morgan fingerprint density at radius 3 is 2.31 bits per heavy atom. The molecule has 0 unspecified atom stereocenters. The van der Waals surface area contributed by atoms with Gasteiger partial charge in [0.15, 0.2) is 5.82 Å². The molecule has 0 saturated heterocycles. The Morgan fingerprint density at radius 1 is 0.867 bits per heavy atom. The minimum Gasteiger partial charge on any atom is -0.282 e. The summed E-state index contributed by atoms with van der Waals surface area (Å²) in [5, 5.41) is 18.7. The molecule has 4 aromatic carbocycles. The van der Waals surface area contributed by atoms with E-state index >= 15 is 0 Å². The first-order valence-electron chi connectivity index (χ1n) is 13.1. The molecule has 0 amide bonds. The normalized spacial score (nSPS) is 14.9. The Hall–Kier alpha value is -5.40. The fourth-order valence-electron chi connectivity index (χ4n) is 5.06. The summed E-state index contributed by atoms with van der Waals surface area (Å²) in [5.41, 5.74) is 2.11. The number of benzene rings is 4. The van der Waals surface area contributed by atoms with Crippen molar-refractivity contribution in [1.29, 1.82) is 5.26 Å². The molecule has 1 aliphatic rings. The minimum absolute atomic E-state index is 0.0203. The number of hydrogen-bond donors (Lipinski definition) is 2. The molecule has 1 aromatic heterocycles. The molecule has 0 spiro atoms. The van der Waals surface area contributed by atoms with Crippen LogP contribution in [-0.4, -0.2) is 47.1 Å². The summed E-state index contributed by atoms with van der Waals surface area (Å²) in [6.45, 7) is 1.47. The van der Waals surface area contributed by atoms with Gasteiger partial charge in [0.25, 0.3) is 26.1 Å². The fourth-order valence-corrected chi connectivity index (χ4v) is 6.19. The molecule has 15 heteroatoms. The molecule has 0 saturated carbocycles. The van der Waals surface area contributed by atoms with Crippen LogP contribution in [0.5, 0.6) is 0 Å². The van der Waals surface area contributed by atoms with Crippen LogP contribution < -0.4 is 0 Å². The number of aliphatic imine (C=N–C) groups is 1. The third-order valence-corrected chi connectivity index (χ3v) is 8.95. The summed E-state index contributed by atoms with van der Waals surface area (Å²) >= 11 is 0. The van der Waals surface area contributed by atoms with Gasteiger partial charge in [-0.05, 0) is 60.3 Å². The number of imidazole rings is 1. The van der Waals surface area contributed by atoms with Crippen LogP contribution in [0.15, 0.2) is 109 Å². The Bertz CT molecular complexity index is 2460. The summed E-state index contributed by atoms with van der Waals surface area (Å²) < 4.78 is 68.1. The van der Waals surface area contributed by atoms with Crippen LogP contribution in [0.1, 0.15) is 23.1 Å². The number of azo groups is 1. The summed E-state index contributed by atoms with van der Waals surface area (Å²) in [7, 11) is -9.19. The molecule has 45 heavy (non-hydrogen) atoms. The number of para-hydroxylation sites is 2. The van der Waals surface area contributed by atoms with Gasteiger partial charge in [-0.1, -0.05) is 36.4 Å². The first kappa shape index (κ1) is 29.7. The van der Waals surface area contributed by atoms with Crippen LogP contribution in [0.3, 0.4) is 0 Å². The fraction of sp³-hybridized carbons (Fsp3) is 0.0667. The zero-order valence-corrected chi connectivity index (χ0v) is 24.8. The van der Waals surface area contributed by atoms with Gasteiger partial charge in [-0.2, -0.15) is 22.1 Å². The Labute approximate surface area is 256 Å². The van der Waals surface area contributed by atoms with E-state index < -0.39 is 35.9 Å². The van der Waals surface area contributed by atoms with E-state index in [4.69, 9.17) is 0 Å². The topological polar surface area (TPSA) is 204 Å². The van der Waals surface area contributed by atoms with E-state index in [9.17, 15) is 36.0 Å². The van der Waals surface area contributed by atoms with Gasteiger partial charge in [-0.25, -0.2) is 4.98 Å². The molecule has 0 fully saturated rings. The maximum Gasteiger partial charge on any atom is 0.296 e. The second-order valence-electron chi connectivity index (χ2n) is 9.91. The molecular weight excluding hydrogens is 620 g/mol. The maximum atomic E-state index is 13.7. The van der Waals surface area contributed by atoms with Gasteiger partial charge in [0.1, 0.15) is 27.9 Å². The lowest BCUT2D eigenvalue weighted by molar-refractivity contribution is 0.0992. The van der Waals surface area contributed by atoms with E-state index in [0.717, 1.165) is 0 Å². The first-order chi connectivity index (χ1) is 21.4. The van der Waals surface area contributed by atoms with Crippen molar-refractivity contribution in [2.75, 3.05) is 0 Å². The quantitative estimate of drug-likeness (QED) is 0.172. The van der Waals surface area contributed by atoms with Gasteiger partial charge in [-0.15, -0.1) is 10.2 Å². The highest BCUT2D eigenvalue weighted by atomic mass is 32.2. The summed E-state index contributed by atoms with van der Waals surface area (Å²) in [5.74, 6) is -0.269. The molecular formula is C30H20N6O7S2. The van der Waals surface area contributed by atoms with Crippen molar-refractivity contribution in [1.82, 2.24) is 9.55 Å². The SMILES string of the molecule is CC1=C(C#N)c2nc3ccccc3n2C(=O)C1=NCc1ccc(N=Nc2ccccc2S(=O)(=O)O)c2ccc(S(=O)(=O)O)cc12. The zero-order valence-electron chi connectivity index (χ0n) is 23.1. The predicted molar refractivity (Wildman–Crippen MR) is 164 cm³/mol. The van der Waals surface area contributed by atoms with Crippen molar-refractivity contribution in [2.24, 2.45) is 15.2 Å². The van der Waals surface area contributed by atoms with Crippen molar-refractivity contribution in [3.8, 4) is 6.07 Å². The summed E-state index contributed by atoms with van der Waals surface area (Å²) in [4.78, 5) is 21.8. The van der Waals surface area contributed by atoms with Crippen molar-refractivity contribution >= 4 is 70.6 Å². The maximum absolute atomic E-state index is 13.7. The largest absolute Gasteiger partial charge is 0.296 e. The van der Waals surface area contributed by atoms with Crippen molar-refractivity contribution in [3.05, 3.63) is 95.8 Å². The number of hydrogen-bond acceptors (Lipinski definition) is 10. The van der Waals surface area contributed by atoms with Gasteiger partial charge in [0.05, 0.1) is 28.2 Å². The van der Waals surface area contributed by atoms with Crippen molar-refractivity contribution < 1.29 is 30.7 Å². The number of rotatable bonds is 6. The molecule has 0 atom stereocenters. The Morgan fingerprint density at radius 2 is 1.58 bits per heavy atom. The van der Waals surface area contributed by atoms with Gasteiger partial charge in [0.2, 0.25) is 0 Å². The molecule has 1 aliphatic heterocycles. The molecule has 0 radical (unpaired) electrons. The van der Waals surface area contributed by atoms with Crippen LogP contribution in [0.25, 0.3) is 27.4 Å². The number of nitrogens with zero attached hydrogens (tertiary/aromatic N) is 6. The summed E-state index contributed by atoms with van der Waals surface area (Å²) in [6, 6.07) is 21.4. The zero-order chi connectivity index (χ0) is 32.1. The van der Waals surface area contributed by atoms with E-state index in [1.165, 1.54) is 53.1 Å². The third-order valence-electron chi connectivity index (χ3n) is 7.20. The van der Waals surface area contributed by atoms with Crippen molar-refractivity contribution in [3.63, 3.8) is 0 Å². The van der Waals surface area contributed by atoms with E-state index in [-0.39, 0.29) is 35.0 Å². The lowest BCUT2D eigenvalue weighted by atomic mass is 10.00. The third kappa shape index (κ3) is 5.32. The Kier molecular flexibility index (Phi) is 7.22. The molecule has 224 valence electrons. The average Bonchev–Trinajstić information content (AvgIpc) is 3.39. The van der Waals surface area contributed by atoms with Crippen LogP contribution in [0, 0.1) is 11.3 Å². The minimum atomic E-state index is -4.60. The van der Waals surface area contributed by atoms with Gasteiger partial charge >= 0.3 is 0 Å². The number of carbonyl (C=O) groups excluding carboxylic acids is 1. The second kappa shape index (κ2) is 10.9. The van der Waals surface area contributed by atoms with E-state index in [0.29, 0.717) is 32.9 Å². The Balaban J connectivity index is 1.47. The number of carbonyl (C=O) groups is 1. The molecule has 0 bridgehead atoms. The molecule has 0 aliphatic carbocycles. The number of nitriles is 1. The highest BCUT2D eigenvalue weighted by Gasteiger charge is 2.31. The highest BCUT2D eigenvalue weighted by molar-refractivity contribution is 7.86. The molecule has 13 nitrogen and oxygen atoms in total. The van der Waals surface area contributed by atoms with Gasteiger partial charge in [-0.3, -0.25) is 23.5 Å². The predicted octanol–water partition coefficient (Wildman–Crippen LogP) is 5.69. The van der Waals surface area contributed by atoms with Crippen molar-refractivity contribution in [2.45, 2.75) is 23.3 Å². The molecule has 5 aromatic rings. The van der Waals surface area contributed by atoms with Crippen LogP contribution in [-0.2, 0) is 26.8 Å². The standard InChI is InChI=1S/C30H20N6O7S2/c1-17-22(15-31)29-33-24-6-2-4-8-26(24)36(29)30(37)28(17)32-16-18-10-13-23(20-12-11-19(14-21(18)20)44(38,39)40)34-35-25-7-3-5-9-27(25)45(41,42)43/h2-14H,16H2,1H3,(H,38,39,40)(H,41,42,43). The number of fused-ring (bicyclic) bond motifs is 4. The first-order valence-corrected chi connectivity index (χ1v) is 16.0. The molecule has 2 N–H and O–H groups in total. The second-order valence-corrected chi connectivity index (χ2v) is 12.7. The average molecular weight is 641 g/mol.